The normalized spacial score (nSPS) is 10.3. The Labute approximate surface area is 162 Å². The zero-order chi connectivity index (χ0) is 19.8. The Morgan fingerprint density at radius 1 is 1.04 bits per heavy atom. The van der Waals surface area contributed by atoms with E-state index < -0.39 is 0 Å². The van der Waals surface area contributed by atoms with E-state index in [0.29, 0.717) is 29.6 Å². The number of hydrogen-bond acceptors (Lipinski definition) is 5. The van der Waals surface area contributed by atoms with Crippen LogP contribution in [0, 0.1) is 0 Å². The molecule has 0 radical (unpaired) electrons. The highest BCUT2D eigenvalue weighted by molar-refractivity contribution is 5.92. The van der Waals surface area contributed by atoms with Gasteiger partial charge in [-0.15, -0.1) is 0 Å². The number of carbonyl (C=O) groups is 2. The number of carbonyl (C=O) groups excluding carboxylic acids is 2. The zero-order valence-corrected chi connectivity index (χ0v) is 15.5. The molecule has 144 valence electrons. The van der Waals surface area contributed by atoms with Gasteiger partial charge in [0.15, 0.2) is 6.61 Å². The van der Waals surface area contributed by atoms with E-state index in [0.717, 1.165) is 5.56 Å². The molecule has 1 heterocycles. The maximum absolute atomic E-state index is 12.2. The number of benzene rings is 2. The molecule has 0 saturated heterocycles. The molecule has 1 aromatic heterocycles. The Morgan fingerprint density at radius 3 is 2.50 bits per heavy atom. The smallest absolute Gasteiger partial charge is 0.257 e. The number of nitrogens with zero attached hydrogens (tertiary/aromatic N) is 1. The Hall–Kier alpha value is -3.61. The van der Waals surface area contributed by atoms with Crippen LogP contribution in [0.5, 0.6) is 5.75 Å². The second kappa shape index (κ2) is 9.36. The quantitative estimate of drug-likeness (QED) is 0.627. The third kappa shape index (κ3) is 5.44. The van der Waals surface area contributed by atoms with Gasteiger partial charge in [0.05, 0.1) is 12.1 Å². The average molecular weight is 379 g/mol. The summed E-state index contributed by atoms with van der Waals surface area (Å²) in [5.41, 5.74) is 2.04. The maximum atomic E-state index is 12.2. The lowest BCUT2D eigenvalue weighted by Gasteiger charge is -2.08. The van der Waals surface area contributed by atoms with Crippen LogP contribution < -0.4 is 15.4 Å². The molecule has 0 bridgehead atoms. The second-order valence-corrected chi connectivity index (χ2v) is 6.00. The number of nitrogens with one attached hydrogen (secondary N) is 2. The maximum Gasteiger partial charge on any atom is 0.257 e. The zero-order valence-electron chi connectivity index (χ0n) is 15.5. The SMILES string of the molecule is CCNC(=O)COc1ccc(NC(=O)Cc2coc(-c3ccccc3)n2)cc1. The van der Waals surface area contributed by atoms with Crippen molar-refractivity contribution in [1.29, 1.82) is 0 Å². The summed E-state index contributed by atoms with van der Waals surface area (Å²) in [5, 5.41) is 5.45. The van der Waals surface area contributed by atoms with Gasteiger partial charge in [-0.3, -0.25) is 9.59 Å². The fraction of sp³-hybridized carbons (Fsp3) is 0.190. The Morgan fingerprint density at radius 2 is 1.79 bits per heavy atom. The largest absolute Gasteiger partial charge is 0.484 e. The minimum atomic E-state index is -0.205. The minimum Gasteiger partial charge on any atom is -0.484 e. The molecular formula is C21H21N3O4. The molecule has 3 rings (SSSR count). The van der Waals surface area contributed by atoms with Crippen LogP contribution in [0.4, 0.5) is 5.69 Å². The van der Waals surface area contributed by atoms with E-state index in [1.54, 1.807) is 24.3 Å². The molecule has 0 aliphatic rings. The van der Waals surface area contributed by atoms with Gasteiger partial charge in [0.2, 0.25) is 11.8 Å². The minimum absolute atomic E-state index is 0.0462. The molecule has 0 saturated carbocycles. The first-order chi connectivity index (χ1) is 13.6. The molecule has 0 aliphatic heterocycles. The van der Waals surface area contributed by atoms with Crippen LogP contribution in [0.25, 0.3) is 11.5 Å². The number of rotatable bonds is 8. The van der Waals surface area contributed by atoms with Gasteiger partial charge in [-0.05, 0) is 43.3 Å². The van der Waals surface area contributed by atoms with Gasteiger partial charge in [-0.1, -0.05) is 18.2 Å². The van der Waals surface area contributed by atoms with Gasteiger partial charge < -0.3 is 19.8 Å². The molecule has 2 N–H and O–H groups in total. The summed E-state index contributed by atoms with van der Waals surface area (Å²) in [6.45, 7) is 2.36. The molecule has 0 fully saturated rings. The van der Waals surface area contributed by atoms with Gasteiger partial charge >= 0.3 is 0 Å². The van der Waals surface area contributed by atoms with Crippen LogP contribution in [0.15, 0.2) is 65.3 Å². The van der Waals surface area contributed by atoms with E-state index >= 15 is 0 Å². The summed E-state index contributed by atoms with van der Waals surface area (Å²) in [6.07, 6.45) is 1.59. The highest BCUT2D eigenvalue weighted by Crippen LogP contribution is 2.19. The van der Waals surface area contributed by atoms with Crippen molar-refractivity contribution in [2.45, 2.75) is 13.3 Å². The number of anilines is 1. The van der Waals surface area contributed by atoms with Crippen LogP contribution in [0.1, 0.15) is 12.6 Å². The fourth-order valence-electron chi connectivity index (χ4n) is 2.50. The van der Waals surface area contributed by atoms with Crippen molar-refractivity contribution in [3.63, 3.8) is 0 Å². The van der Waals surface area contributed by atoms with E-state index in [1.165, 1.54) is 6.26 Å². The van der Waals surface area contributed by atoms with E-state index in [2.05, 4.69) is 15.6 Å². The molecule has 3 aromatic rings. The number of likely N-dealkylation sites (N-methyl/N-ethyl adjacent to an activating group) is 1. The highest BCUT2D eigenvalue weighted by atomic mass is 16.5. The second-order valence-electron chi connectivity index (χ2n) is 6.00. The molecule has 0 aliphatic carbocycles. The van der Waals surface area contributed by atoms with Crippen LogP contribution in [0.3, 0.4) is 0 Å². The summed E-state index contributed by atoms with van der Waals surface area (Å²) < 4.78 is 10.8. The van der Waals surface area contributed by atoms with E-state index in [1.807, 2.05) is 37.3 Å². The summed E-state index contributed by atoms with van der Waals surface area (Å²) >= 11 is 0. The monoisotopic (exact) mass is 379 g/mol. The Kier molecular flexibility index (Phi) is 6.41. The highest BCUT2D eigenvalue weighted by Gasteiger charge is 2.11. The molecule has 0 spiro atoms. The standard InChI is InChI=1S/C21H21N3O4/c1-2-22-20(26)14-27-18-10-8-16(9-11-18)23-19(25)12-17-13-28-21(24-17)15-6-4-3-5-7-15/h3-11,13H,2,12,14H2,1H3,(H,22,26)(H,23,25). The van der Waals surface area contributed by atoms with Crippen molar-refractivity contribution in [1.82, 2.24) is 10.3 Å². The van der Waals surface area contributed by atoms with Crippen molar-refractivity contribution < 1.29 is 18.7 Å². The predicted octanol–water partition coefficient (Wildman–Crippen LogP) is 3.04. The molecule has 28 heavy (non-hydrogen) atoms. The van der Waals surface area contributed by atoms with Crippen molar-refractivity contribution >= 4 is 17.5 Å². The molecule has 7 heteroatoms. The third-order valence-electron chi connectivity index (χ3n) is 3.80. The van der Waals surface area contributed by atoms with Gasteiger partial charge in [0, 0.05) is 17.8 Å². The summed E-state index contributed by atoms with van der Waals surface area (Å²) in [6, 6.07) is 16.3. The number of oxazole rings is 1. The average Bonchev–Trinajstić information content (AvgIpc) is 3.17. The number of hydrogen-bond donors (Lipinski definition) is 2. The van der Waals surface area contributed by atoms with E-state index in [-0.39, 0.29) is 24.8 Å². The molecule has 2 amide bonds. The molecule has 7 nitrogen and oxygen atoms in total. The van der Waals surface area contributed by atoms with Crippen LogP contribution in [-0.4, -0.2) is 29.9 Å². The lowest BCUT2D eigenvalue weighted by molar-refractivity contribution is -0.123. The number of amides is 2. The lowest BCUT2D eigenvalue weighted by Crippen LogP contribution is -2.28. The van der Waals surface area contributed by atoms with E-state index in [9.17, 15) is 9.59 Å². The third-order valence-corrected chi connectivity index (χ3v) is 3.80. The van der Waals surface area contributed by atoms with Crippen LogP contribution >= 0.6 is 0 Å². The molecule has 2 aromatic carbocycles. The summed E-state index contributed by atoms with van der Waals surface area (Å²) in [7, 11) is 0. The van der Waals surface area contributed by atoms with Gasteiger partial charge in [0.25, 0.3) is 5.91 Å². The Bertz CT molecular complexity index is 920. The lowest BCUT2D eigenvalue weighted by atomic mass is 10.2. The summed E-state index contributed by atoms with van der Waals surface area (Å²) in [4.78, 5) is 28.0. The van der Waals surface area contributed by atoms with Crippen molar-refractivity contribution in [2.75, 3.05) is 18.5 Å². The van der Waals surface area contributed by atoms with Crippen molar-refractivity contribution in [2.24, 2.45) is 0 Å². The van der Waals surface area contributed by atoms with Gasteiger partial charge in [-0.25, -0.2) is 4.98 Å². The number of ether oxygens (including phenoxy) is 1. The predicted molar refractivity (Wildman–Crippen MR) is 105 cm³/mol. The number of aromatic nitrogens is 1. The van der Waals surface area contributed by atoms with Crippen LogP contribution in [0.2, 0.25) is 0 Å². The van der Waals surface area contributed by atoms with Crippen molar-refractivity contribution in [3.05, 3.63) is 66.6 Å². The molecule has 0 unspecified atom stereocenters. The first-order valence-electron chi connectivity index (χ1n) is 8.93. The molecular weight excluding hydrogens is 358 g/mol. The topological polar surface area (TPSA) is 93.5 Å². The van der Waals surface area contributed by atoms with Crippen LogP contribution in [-0.2, 0) is 16.0 Å². The first-order valence-corrected chi connectivity index (χ1v) is 8.93. The van der Waals surface area contributed by atoms with Gasteiger partial charge in [0.1, 0.15) is 12.0 Å². The van der Waals surface area contributed by atoms with Gasteiger partial charge in [-0.2, -0.15) is 0 Å². The van der Waals surface area contributed by atoms with Crippen molar-refractivity contribution in [3.8, 4) is 17.2 Å². The van der Waals surface area contributed by atoms with E-state index in [4.69, 9.17) is 9.15 Å². The molecule has 0 atom stereocenters. The first kappa shape index (κ1) is 19.2. The summed E-state index contributed by atoms with van der Waals surface area (Å²) in [5.74, 6) is 0.650. The Balaban J connectivity index is 1.51. The fourth-order valence-corrected chi connectivity index (χ4v) is 2.50.